The van der Waals surface area contributed by atoms with Crippen LogP contribution in [0, 0.1) is 5.92 Å². The van der Waals surface area contributed by atoms with Gasteiger partial charge >= 0.3 is 0 Å². The molecule has 2 nitrogen and oxygen atoms in total. The van der Waals surface area contributed by atoms with Crippen LogP contribution in [0.2, 0.25) is 0 Å². The molecule has 0 aliphatic carbocycles. The first-order valence-electron chi connectivity index (χ1n) is 16.1. The number of aryl methyl sites for hydroxylation is 2. The number of rotatable bonds is 23. The van der Waals surface area contributed by atoms with E-state index in [0.29, 0.717) is 0 Å². The van der Waals surface area contributed by atoms with E-state index < -0.39 is 0 Å². The van der Waals surface area contributed by atoms with Gasteiger partial charge < -0.3 is 0 Å². The summed E-state index contributed by atoms with van der Waals surface area (Å²) < 4.78 is 0. The lowest BCUT2D eigenvalue weighted by Crippen LogP contribution is -1.94. The minimum Gasteiger partial charge on any atom is -0.236 e. The summed E-state index contributed by atoms with van der Waals surface area (Å²) >= 11 is 0. The van der Waals surface area contributed by atoms with Crippen LogP contribution in [0.5, 0.6) is 0 Å². The van der Waals surface area contributed by atoms with E-state index in [0.717, 1.165) is 23.7 Å². The van der Waals surface area contributed by atoms with Crippen LogP contribution in [-0.4, -0.2) is 9.97 Å². The zero-order chi connectivity index (χ0) is 26.4. The summed E-state index contributed by atoms with van der Waals surface area (Å²) in [6.07, 6.45) is 32.7. The average Bonchev–Trinajstić information content (AvgIpc) is 2.91. The van der Waals surface area contributed by atoms with Crippen LogP contribution >= 0.6 is 0 Å². The minimum absolute atomic E-state index is 0.853. The van der Waals surface area contributed by atoms with Gasteiger partial charge in [-0.3, -0.25) is 0 Å². The summed E-state index contributed by atoms with van der Waals surface area (Å²) in [6, 6.07) is 8.94. The highest BCUT2D eigenvalue weighted by Gasteiger charge is 2.03. The molecule has 0 N–H and O–H groups in total. The zero-order valence-corrected chi connectivity index (χ0v) is 24.8. The van der Waals surface area contributed by atoms with Gasteiger partial charge in [0, 0.05) is 18.0 Å². The van der Waals surface area contributed by atoms with Crippen molar-refractivity contribution in [3.8, 4) is 11.4 Å². The van der Waals surface area contributed by atoms with Crippen LogP contribution < -0.4 is 0 Å². The third-order valence-electron chi connectivity index (χ3n) is 7.73. The van der Waals surface area contributed by atoms with Crippen molar-refractivity contribution in [2.45, 2.75) is 156 Å². The first kappa shape index (κ1) is 31.5. The van der Waals surface area contributed by atoms with Crippen molar-refractivity contribution in [2.24, 2.45) is 5.92 Å². The zero-order valence-electron chi connectivity index (χ0n) is 24.8. The first-order chi connectivity index (χ1) is 18.2. The third-order valence-corrected chi connectivity index (χ3v) is 7.73. The molecule has 0 radical (unpaired) electrons. The van der Waals surface area contributed by atoms with Gasteiger partial charge in [-0.2, -0.15) is 0 Å². The number of benzene rings is 1. The maximum Gasteiger partial charge on any atom is 0.159 e. The summed E-state index contributed by atoms with van der Waals surface area (Å²) in [7, 11) is 0. The molecular weight excluding hydrogens is 448 g/mol. The van der Waals surface area contributed by atoms with E-state index in [1.807, 2.05) is 12.4 Å². The summed E-state index contributed by atoms with van der Waals surface area (Å²) in [5, 5.41) is 0. The Bertz CT molecular complexity index is 763. The minimum atomic E-state index is 0.853. The molecule has 0 spiro atoms. The highest BCUT2D eigenvalue weighted by Crippen LogP contribution is 2.19. The van der Waals surface area contributed by atoms with Crippen molar-refractivity contribution in [2.75, 3.05) is 0 Å². The van der Waals surface area contributed by atoms with Gasteiger partial charge in [0.15, 0.2) is 5.82 Å². The lowest BCUT2D eigenvalue weighted by molar-refractivity contribution is 0.509. The molecule has 1 heterocycles. The molecule has 0 bridgehead atoms. The molecule has 2 aromatic rings. The van der Waals surface area contributed by atoms with E-state index in [-0.39, 0.29) is 0 Å². The van der Waals surface area contributed by atoms with Gasteiger partial charge in [-0.05, 0) is 42.7 Å². The van der Waals surface area contributed by atoms with Crippen LogP contribution in [-0.2, 0) is 12.8 Å². The van der Waals surface area contributed by atoms with Gasteiger partial charge in [0.2, 0.25) is 0 Å². The van der Waals surface area contributed by atoms with E-state index in [2.05, 4.69) is 55.0 Å². The van der Waals surface area contributed by atoms with Crippen LogP contribution in [0.4, 0.5) is 0 Å². The Labute approximate surface area is 230 Å². The number of hydrogen-bond acceptors (Lipinski definition) is 2. The van der Waals surface area contributed by atoms with E-state index >= 15 is 0 Å². The monoisotopic (exact) mass is 506 g/mol. The van der Waals surface area contributed by atoms with Gasteiger partial charge in [-0.1, -0.05) is 154 Å². The number of aromatic nitrogens is 2. The molecular formula is C35H58N2. The van der Waals surface area contributed by atoms with Crippen molar-refractivity contribution in [3.63, 3.8) is 0 Å². The Morgan fingerprint density at radius 3 is 1.43 bits per heavy atom. The largest absolute Gasteiger partial charge is 0.236 e. The van der Waals surface area contributed by atoms with Crippen molar-refractivity contribution >= 4 is 0 Å². The molecule has 208 valence electrons. The lowest BCUT2D eigenvalue weighted by atomic mass is 10.0. The summed E-state index contributed by atoms with van der Waals surface area (Å²) in [4.78, 5) is 9.32. The van der Waals surface area contributed by atoms with Gasteiger partial charge in [0.25, 0.3) is 0 Å². The molecule has 0 unspecified atom stereocenters. The second-order valence-electron chi connectivity index (χ2n) is 11.8. The molecule has 37 heavy (non-hydrogen) atoms. The Morgan fingerprint density at radius 2 is 0.946 bits per heavy atom. The van der Waals surface area contributed by atoms with Gasteiger partial charge in [-0.15, -0.1) is 0 Å². The molecule has 0 fully saturated rings. The van der Waals surface area contributed by atoms with E-state index in [1.54, 1.807) is 0 Å². The molecule has 2 rings (SSSR count). The van der Waals surface area contributed by atoms with Gasteiger partial charge in [0.1, 0.15) is 0 Å². The van der Waals surface area contributed by atoms with Crippen molar-refractivity contribution in [1.29, 1.82) is 0 Å². The molecule has 0 saturated carbocycles. The van der Waals surface area contributed by atoms with Gasteiger partial charge in [-0.25, -0.2) is 9.97 Å². The fourth-order valence-electron chi connectivity index (χ4n) is 5.21. The second-order valence-corrected chi connectivity index (χ2v) is 11.8. The van der Waals surface area contributed by atoms with Crippen molar-refractivity contribution in [1.82, 2.24) is 9.97 Å². The summed E-state index contributed by atoms with van der Waals surface area (Å²) in [5.74, 6) is 1.71. The van der Waals surface area contributed by atoms with Crippen molar-refractivity contribution in [3.05, 3.63) is 47.8 Å². The molecule has 0 amide bonds. The van der Waals surface area contributed by atoms with E-state index in [4.69, 9.17) is 0 Å². The molecule has 0 atom stereocenters. The van der Waals surface area contributed by atoms with E-state index in [1.165, 1.54) is 140 Å². The Hall–Kier alpha value is -1.70. The molecule has 1 aromatic carbocycles. The van der Waals surface area contributed by atoms with Crippen LogP contribution in [0.1, 0.15) is 154 Å². The fraction of sp³-hybridized carbons (Fsp3) is 0.714. The summed E-state index contributed by atoms with van der Waals surface area (Å²) in [5.41, 5.74) is 3.84. The molecule has 1 aromatic heterocycles. The highest BCUT2D eigenvalue weighted by atomic mass is 14.9. The summed E-state index contributed by atoms with van der Waals surface area (Å²) in [6.45, 7) is 6.94. The van der Waals surface area contributed by atoms with Crippen LogP contribution in [0.15, 0.2) is 36.7 Å². The first-order valence-corrected chi connectivity index (χ1v) is 16.1. The van der Waals surface area contributed by atoms with Gasteiger partial charge in [0.05, 0.1) is 0 Å². The SMILES string of the molecule is CCCCCCCCCCCCCc1ccc(-c2ncc(CCCCCCCCCC(C)C)cn2)cc1. The lowest BCUT2D eigenvalue weighted by Gasteiger charge is -2.06. The Morgan fingerprint density at radius 1 is 0.514 bits per heavy atom. The number of unbranched alkanes of at least 4 members (excludes halogenated alkanes) is 16. The molecule has 2 heteroatoms. The number of hydrogen-bond donors (Lipinski definition) is 0. The molecule has 0 aliphatic rings. The van der Waals surface area contributed by atoms with Crippen LogP contribution in [0.3, 0.4) is 0 Å². The maximum atomic E-state index is 4.66. The normalized spacial score (nSPS) is 11.5. The molecule has 0 saturated heterocycles. The fourth-order valence-corrected chi connectivity index (χ4v) is 5.21. The predicted octanol–water partition coefficient (Wildman–Crippen LogP) is 11.3. The molecule has 0 aliphatic heterocycles. The smallest absolute Gasteiger partial charge is 0.159 e. The standard InChI is InChI=1S/C35H58N2/c1-4-5-6-7-8-9-10-11-14-17-20-23-32-25-27-34(28-26-32)35-36-29-33(30-37-35)24-21-18-15-12-13-16-19-22-31(2)3/h25-31H,4-24H2,1-3H3. The second kappa shape index (κ2) is 21.3. The third kappa shape index (κ3) is 16.0. The topological polar surface area (TPSA) is 25.8 Å². The van der Waals surface area contributed by atoms with Crippen molar-refractivity contribution < 1.29 is 0 Å². The highest BCUT2D eigenvalue weighted by molar-refractivity contribution is 5.55. The quantitative estimate of drug-likeness (QED) is 0.140. The number of nitrogens with zero attached hydrogens (tertiary/aromatic N) is 2. The Kier molecular flexibility index (Phi) is 18.1. The maximum absolute atomic E-state index is 4.66. The van der Waals surface area contributed by atoms with Crippen LogP contribution in [0.25, 0.3) is 11.4 Å². The van der Waals surface area contributed by atoms with E-state index in [9.17, 15) is 0 Å². The Balaban J connectivity index is 1.52. The predicted molar refractivity (Wildman–Crippen MR) is 163 cm³/mol. The average molecular weight is 507 g/mol.